The number of halogens is 1. The summed E-state index contributed by atoms with van der Waals surface area (Å²) in [6, 6.07) is 12.4. The minimum atomic E-state index is -0.766. The van der Waals surface area contributed by atoms with Crippen molar-refractivity contribution in [2.75, 3.05) is 18.6 Å². The van der Waals surface area contributed by atoms with Crippen LogP contribution in [0, 0.1) is 11.7 Å². The lowest BCUT2D eigenvalue weighted by molar-refractivity contribution is -0.126. The molecular formula is C19H18FN3O4. The van der Waals surface area contributed by atoms with E-state index in [1.165, 1.54) is 23.1 Å². The average Bonchev–Trinajstić information content (AvgIpc) is 3.08. The van der Waals surface area contributed by atoms with Crippen molar-refractivity contribution in [1.29, 1.82) is 0 Å². The molecule has 2 N–H and O–H groups in total. The Morgan fingerprint density at radius 2 is 1.81 bits per heavy atom. The molecule has 0 saturated carbocycles. The number of anilines is 1. The van der Waals surface area contributed by atoms with Crippen LogP contribution in [0.3, 0.4) is 0 Å². The highest BCUT2D eigenvalue weighted by atomic mass is 19.1. The van der Waals surface area contributed by atoms with Crippen molar-refractivity contribution < 1.29 is 23.5 Å². The summed E-state index contributed by atoms with van der Waals surface area (Å²) < 4.78 is 18.7. The van der Waals surface area contributed by atoms with Crippen LogP contribution in [-0.2, 0) is 9.59 Å². The zero-order valence-electron chi connectivity index (χ0n) is 14.6. The second-order valence-electron chi connectivity index (χ2n) is 6.03. The SMILES string of the molecule is COc1ccc(N2CC(C(=O)NNC(=O)c3ccccc3F)CC2=O)cc1. The predicted molar refractivity (Wildman–Crippen MR) is 95.5 cm³/mol. The molecule has 8 heteroatoms. The number of benzene rings is 2. The van der Waals surface area contributed by atoms with Gasteiger partial charge in [-0.05, 0) is 36.4 Å². The number of hydrazine groups is 1. The maximum atomic E-state index is 13.6. The molecule has 1 aliphatic rings. The summed E-state index contributed by atoms with van der Waals surface area (Å²) in [6.45, 7) is 0.187. The zero-order chi connectivity index (χ0) is 19.4. The summed E-state index contributed by atoms with van der Waals surface area (Å²) in [7, 11) is 1.55. The first-order chi connectivity index (χ1) is 13.0. The van der Waals surface area contributed by atoms with Gasteiger partial charge in [0.05, 0.1) is 18.6 Å². The lowest BCUT2D eigenvalue weighted by Gasteiger charge is -2.17. The van der Waals surface area contributed by atoms with Crippen LogP contribution in [0.4, 0.5) is 10.1 Å². The molecule has 3 rings (SSSR count). The van der Waals surface area contributed by atoms with E-state index >= 15 is 0 Å². The van der Waals surface area contributed by atoms with Gasteiger partial charge in [0.15, 0.2) is 0 Å². The highest BCUT2D eigenvalue weighted by molar-refractivity contribution is 6.01. The van der Waals surface area contributed by atoms with Crippen LogP contribution in [0.15, 0.2) is 48.5 Å². The summed E-state index contributed by atoms with van der Waals surface area (Å²) in [6.07, 6.45) is 0.0213. The molecule has 2 aromatic rings. The molecule has 1 fully saturated rings. The lowest BCUT2D eigenvalue weighted by Crippen LogP contribution is -2.45. The topological polar surface area (TPSA) is 87.7 Å². The molecule has 0 aromatic heterocycles. The Labute approximate surface area is 155 Å². The van der Waals surface area contributed by atoms with Crippen molar-refractivity contribution in [3.05, 3.63) is 59.9 Å². The maximum Gasteiger partial charge on any atom is 0.272 e. The largest absolute Gasteiger partial charge is 0.497 e. The van der Waals surface area contributed by atoms with Crippen molar-refractivity contribution >= 4 is 23.4 Å². The molecule has 3 amide bonds. The maximum absolute atomic E-state index is 13.6. The smallest absolute Gasteiger partial charge is 0.272 e. The third-order valence-corrected chi connectivity index (χ3v) is 4.30. The molecule has 7 nitrogen and oxygen atoms in total. The number of carbonyl (C=O) groups excluding carboxylic acids is 3. The fraction of sp³-hybridized carbons (Fsp3) is 0.211. The van der Waals surface area contributed by atoms with E-state index in [4.69, 9.17) is 4.74 Å². The van der Waals surface area contributed by atoms with E-state index < -0.39 is 23.5 Å². The van der Waals surface area contributed by atoms with Crippen molar-refractivity contribution in [2.24, 2.45) is 5.92 Å². The van der Waals surface area contributed by atoms with Crippen LogP contribution in [0.2, 0.25) is 0 Å². The standard InChI is InChI=1S/C19H18FN3O4/c1-27-14-8-6-13(7-9-14)23-11-12(10-17(23)24)18(25)21-22-19(26)15-4-2-3-5-16(15)20/h2-9,12H,10-11H2,1H3,(H,21,25)(H,22,26). The summed E-state index contributed by atoms with van der Waals surface area (Å²) in [5.41, 5.74) is 4.91. The van der Waals surface area contributed by atoms with Crippen LogP contribution in [0.5, 0.6) is 5.75 Å². The Balaban J connectivity index is 1.58. The zero-order valence-corrected chi connectivity index (χ0v) is 14.6. The van der Waals surface area contributed by atoms with E-state index in [9.17, 15) is 18.8 Å². The summed E-state index contributed by atoms with van der Waals surface area (Å²) in [5, 5.41) is 0. The minimum Gasteiger partial charge on any atom is -0.497 e. The van der Waals surface area contributed by atoms with Crippen molar-refractivity contribution in [3.63, 3.8) is 0 Å². The van der Waals surface area contributed by atoms with Gasteiger partial charge in [0.1, 0.15) is 11.6 Å². The Bertz CT molecular complexity index is 870. The first-order valence-electron chi connectivity index (χ1n) is 8.28. The van der Waals surface area contributed by atoms with Gasteiger partial charge in [0.2, 0.25) is 11.8 Å². The van der Waals surface area contributed by atoms with Gasteiger partial charge in [-0.1, -0.05) is 12.1 Å². The number of nitrogens with one attached hydrogen (secondary N) is 2. The molecule has 2 aromatic carbocycles. The molecule has 1 saturated heterocycles. The van der Waals surface area contributed by atoms with Crippen LogP contribution in [0.1, 0.15) is 16.8 Å². The van der Waals surface area contributed by atoms with Crippen molar-refractivity contribution in [2.45, 2.75) is 6.42 Å². The highest BCUT2D eigenvalue weighted by Gasteiger charge is 2.35. The van der Waals surface area contributed by atoms with Gasteiger partial charge in [-0.3, -0.25) is 25.2 Å². The van der Waals surface area contributed by atoms with Crippen LogP contribution < -0.4 is 20.5 Å². The molecule has 1 aliphatic heterocycles. The van der Waals surface area contributed by atoms with E-state index in [1.807, 2.05) is 0 Å². The quantitative estimate of drug-likeness (QED) is 0.800. The minimum absolute atomic E-state index is 0.0213. The van der Waals surface area contributed by atoms with E-state index in [-0.39, 0.29) is 24.4 Å². The lowest BCUT2D eigenvalue weighted by atomic mass is 10.1. The summed E-state index contributed by atoms with van der Waals surface area (Å²) in [4.78, 5) is 37.9. The molecule has 1 atom stereocenters. The number of rotatable bonds is 4. The number of hydrogen-bond acceptors (Lipinski definition) is 4. The molecule has 140 valence electrons. The average molecular weight is 371 g/mol. The van der Waals surface area contributed by atoms with Crippen LogP contribution in [-0.4, -0.2) is 31.4 Å². The first kappa shape index (κ1) is 18.4. The van der Waals surface area contributed by atoms with Gasteiger partial charge in [-0.15, -0.1) is 0 Å². The number of amides is 3. The number of carbonyl (C=O) groups is 3. The molecule has 0 spiro atoms. The summed E-state index contributed by atoms with van der Waals surface area (Å²) in [5.74, 6) is -2.12. The summed E-state index contributed by atoms with van der Waals surface area (Å²) >= 11 is 0. The Morgan fingerprint density at radius 3 is 2.48 bits per heavy atom. The van der Waals surface area contributed by atoms with Crippen LogP contribution >= 0.6 is 0 Å². The predicted octanol–water partition coefficient (Wildman–Crippen LogP) is 1.65. The van der Waals surface area contributed by atoms with Gasteiger partial charge in [0.25, 0.3) is 5.91 Å². The van der Waals surface area contributed by atoms with Crippen molar-refractivity contribution in [3.8, 4) is 5.75 Å². The monoisotopic (exact) mass is 371 g/mol. The van der Waals surface area contributed by atoms with Crippen LogP contribution in [0.25, 0.3) is 0 Å². The second kappa shape index (κ2) is 7.86. The normalized spacial score (nSPS) is 16.1. The molecule has 1 unspecified atom stereocenters. The molecule has 27 heavy (non-hydrogen) atoms. The third-order valence-electron chi connectivity index (χ3n) is 4.30. The van der Waals surface area contributed by atoms with Crippen molar-refractivity contribution in [1.82, 2.24) is 10.9 Å². The molecule has 0 radical (unpaired) electrons. The molecular weight excluding hydrogens is 353 g/mol. The number of methoxy groups -OCH3 is 1. The fourth-order valence-electron chi connectivity index (χ4n) is 2.83. The van der Waals surface area contributed by atoms with Gasteiger partial charge in [0, 0.05) is 18.7 Å². The van der Waals surface area contributed by atoms with Gasteiger partial charge in [-0.25, -0.2) is 4.39 Å². The highest BCUT2D eigenvalue weighted by Crippen LogP contribution is 2.26. The fourth-order valence-corrected chi connectivity index (χ4v) is 2.83. The van der Waals surface area contributed by atoms with E-state index in [2.05, 4.69) is 10.9 Å². The number of ether oxygens (including phenoxy) is 1. The Kier molecular flexibility index (Phi) is 5.35. The number of hydrogen-bond donors (Lipinski definition) is 2. The van der Waals surface area contributed by atoms with Gasteiger partial charge >= 0.3 is 0 Å². The molecule has 1 heterocycles. The first-order valence-corrected chi connectivity index (χ1v) is 8.28. The van der Waals surface area contributed by atoms with Gasteiger partial charge < -0.3 is 9.64 Å². The van der Waals surface area contributed by atoms with E-state index in [1.54, 1.807) is 31.4 Å². The molecule has 0 aliphatic carbocycles. The van der Waals surface area contributed by atoms with E-state index in [0.29, 0.717) is 11.4 Å². The van der Waals surface area contributed by atoms with Gasteiger partial charge in [-0.2, -0.15) is 0 Å². The number of nitrogens with zero attached hydrogens (tertiary/aromatic N) is 1. The second-order valence-corrected chi connectivity index (χ2v) is 6.03. The Morgan fingerprint density at radius 1 is 1.11 bits per heavy atom. The third kappa shape index (κ3) is 4.05. The Hall–Kier alpha value is -3.42. The van der Waals surface area contributed by atoms with E-state index in [0.717, 1.165) is 6.07 Å². The molecule has 0 bridgehead atoms.